The van der Waals surface area contributed by atoms with E-state index in [4.69, 9.17) is 5.73 Å². The van der Waals surface area contributed by atoms with E-state index in [1.807, 2.05) is 0 Å². The highest BCUT2D eigenvalue weighted by molar-refractivity contribution is 7.09. The van der Waals surface area contributed by atoms with Gasteiger partial charge in [-0.15, -0.1) is 0 Å². The Kier molecular flexibility index (Phi) is 5.49. The van der Waals surface area contributed by atoms with Crippen LogP contribution < -0.4 is 11.1 Å². The molecule has 0 aliphatic carbocycles. The number of rotatable bonds is 7. The van der Waals surface area contributed by atoms with Crippen LogP contribution in [-0.2, 0) is 6.42 Å². The first-order valence-electron chi connectivity index (χ1n) is 7.05. The SMILES string of the molecule is CCCC(N)CNc1nc(Cc2ccc(C)cc2)ns1. The third kappa shape index (κ3) is 4.58. The Morgan fingerprint density at radius 3 is 2.75 bits per heavy atom. The summed E-state index contributed by atoms with van der Waals surface area (Å²) in [6.07, 6.45) is 2.92. The second-order valence-corrected chi connectivity index (χ2v) is 5.86. The van der Waals surface area contributed by atoms with E-state index in [0.29, 0.717) is 0 Å². The average molecular weight is 290 g/mol. The average Bonchev–Trinajstić information content (AvgIpc) is 2.87. The van der Waals surface area contributed by atoms with E-state index in [2.05, 4.69) is 52.8 Å². The fourth-order valence-electron chi connectivity index (χ4n) is 1.98. The highest BCUT2D eigenvalue weighted by Gasteiger charge is 2.06. The lowest BCUT2D eigenvalue weighted by atomic mass is 10.1. The van der Waals surface area contributed by atoms with Crippen LogP contribution in [-0.4, -0.2) is 21.9 Å². The maximum Gasteiger partial charge on any atom is 0.202 e. The van der Waals surface area contributed by atoms with Crippen molar-refractivity contribution in [2.24, 2.45) is 5.73 Å². The van der Waals surface area contributed by atoms with Gasteiger partial charge in [-0.05, 0) is 18.9 Å². The van der Waals surface area contributed by atoms with Crippen LogP contribution in [0.2, 0.25) is 0 Å². The molecule has 2 rings (SSSR count). The molecule has 20 heavy (non-hydrogen) atoms. The molecular weight excluding hydrogens is 268 g/mol. The minimum absolute atomic E-state index is 0.185. The van der Waals surface area contributed by atoms with Gasteiger partial charge >= 0.3 is 0 Å². The van der Waals surface area contributed by atoms with Gasteiger partial charge in [-0.1, -0.05) is 43.2 Å². The molecule has 2 aromatic rings. The molecule has 0 fully saturated rings. The van der Waals surface area contributed by atoms with Gasteiger partial charge in [-0.3, -0.25) is 0 Å². The highest BCUT2D eigenvalue weighted by Crippen LogP contribution is 2.14. The molecule has 0 bridgehead atoms. The first-order chi connectivity index (χ1) is 9.67. The third-order valence-corrected chi connectivity index (χ3v) is 3.84. The van der Waals surface area contributed by atoms with Crippen molar-refractivity contribution >= 4 is 16.7 Å². The van der Waals surface area contributed by atoms with E-state index >= 15 is 0 Å². The monoisotopic (exact) mass is 290 g/mol. The number of hydrogen-bond donors (Lipinski definition) is 2. The molecule has 1 unspecified atom stereocenters. The van der Waals surface area contributed by atoms with Gasteiger partial charge in [0, 0.05) is 30.5 Å². The first kappa shape index (κ1) is 14.9. The molecule has 0 spiro atoms. The maximum absolute atomic E-state index is 5.97. The van der Waals surface area contributed by atoms with E-state index in [1.54, 1.807) is 0 Å². The lowest BCUT2D eigenvalue weighted by Crippen LogP contribution is -2.28. The standard InChI is InChI=1S/C15H22N4S/c1-3-4-13(16)10-17-15-18-14(19-20-15)9-12-7-5-11(2)6-8-12/h5-8,13H,3-4,9-10,16H2,1-2H3,(H,17,18,19). The number of anilines is 1. The van der Waals surface area contributed by atoms with Crippen molar-refractivity contribution in [3.8, 4) is 0 Å². The summed E-state index contributed by atoms with van der Waals surface area (Å²) >= 11 is 1.40. The van der Waals surface area contributed by atoms with Crippen molar-refractivity contribution in [1.82, 2.24) is 9.36 Å². The van der Waals surface area contributed by atoms with Gasteiger partial charge < -0.3 is 11.1 Å². The van der Waals surface area contributed by atoms with Crippen LogP contribution in [0.25, 0.3) is 0 Å². The van der Waals surface area contributed by atoms with Crippen LogP contribution in [0.5, 0.6) is 0 Å². The summed E-state index contributed by atoms with van der Waals surface area (Å²) in [4.78, 5) is 4.50. The Bertz CT molecular complexity index is 521. The summed E-state index contributed by atoms with van der Waals surface area (Å²) in [6, 6.07) is 8.67. The molecular formula is C15H22N4S. The van der Waals surface area contributed by atoms with Crippen LogP contribution in [0, 0.1) is 6.92 Å². The summed E-state index contributed by atoms with van der Waals surface area (Å²) in [5.74, 6) is 0.866. The van der Waals surface area contributed by atoms with Gasteiger partial charge in [0.15, 0.2) is 0 Å². The largest absolute Gasteiger partial charge is 0.359 e. The predicted octanol–water partition coefficient (Wildman–Crippen LogP) is 2.98. The third-order valence-electron chi connectivity index (χ3n) is 3.13. The van der Waals surface area contributed by atoms with Gasteiger partial charge in [0.05, 0.1) is 0 Å². The smallest absolute Gasteiger partial charge is 0.202 e. The minimum atomic E-state index is 0.185. The zero-order valence-electron chi connectivity index (χ0n) is 12.1. The second kappa shape index (κ2) is 7.36. The molecule has 3 N–H and O–H groups in total. The molecule has 0 aliphatic heterocycles. The van der Waals surface area contributed by atoms with Gasteiger partial charge in [0.25, 0.3) is 0 Å². The van der Waals surface area contributed by atoms with Gasteiger partial charge in [-0.2, -0.15) is 4.37 Å². The van der Waals surface area contributed by atoms with Gasteiger partial charge in [0.2, 0.25) is 5.13 Å². The predicted molar refractivity (Wildman–Crippen MR) is 85.3 cm³/mol. The normalized spacial score (nSPS) is 12.3. The molecule has 0 saturated carbocycles. The zero-order valence-corrected chi connectivity index (χ0v) is 12.9. The quantitative estimate of drug-likeness (QED) is 0.823. The number of aromatic nitrogens is 2. The molecule has 0 saturated heterocycles. The highest BCUT2D eigenvalue weighted by atomic mass is 32.1. The Morgan fingerprint density at radius 1 is 1.30 bits per heavy atom. The molecule has 0 aliphatic rings. The van der Waals surface area contributed by atoms with Crippen LogP contribution in [0.15, 0.2) is 24.3 Å². The molecule has 1 aromatic carbocycles. The van der Waals surface area contributed by atoms with E-state index < -0.39 is 0 Å². The summed E-state index contributed by atoms with van der Waals surface area (Å²) in [5.41, 5.74) is 8.48. The molecule has 4 nitrogen and oxygen atoms in total. The summed E-state index contributed by atoms with van der Waals surface area (Å²) in [6.45, 7) is 4.99. The number of nitrogens with one attached hydrogen (secondary N) is 1. The van der Waals surface area contributed by atoms with Crippen molar-refractivity contribution in [3.63, 3.8) is 0 Å². The summed E-state index contributed by atoms with van der Waals surface area (Å²) < 4.78 is 4.39. The van der Waals surface area contributed by atoms with Gasteiger partial charge in [-0.25, -0.2) is 4.98 Å². The summed E-state index contributed by atoms with van der Waals surface area (Å²) in [7, 11) is 0. The van der Waals surface area contributed by atoms with Crippen LogP contribution in [0.1, 0.15) is 36.7 Å². The van der Waals surface area contributed by atoms with Crippen LogP contribution in [0.3, 0.4) is 0 Å². The number of benzene rings is 1. The molecule has 0 amide bonds. The number of nitrogens with zero attached hydrogens (tertiary/aromatic N) is 2. The molecule has 5 heteroatoms. The van der Waals surface area contributed by atoms with Gasteiger partial charge in [0.1, 0.15) is 5.82 Å². The number of nitrogens with two attached hydrogens (primary N) is 1. The van der Waals surface area contributed by atoms with Crippen molar-refractivity contribution in [3.05, 3.63) is 41.2 Å². The van der Waals surface area contributed by atoms with Crippen LogP contribution in [0.4, 0.5) is 5.13 Å². The van der Waals surface area contributed by atoms with Crippen molar-refractivity contribution in [2.75, 3.05) is 11.9 Å². The molecule has 0 radical (unpaired) electrons. The topological polar surface area (TPSA) is 63.8 Å². The number of aryl methyl sites for hydroxylation is 1. The Balaban J connectivity index is 1.87. The Morgan fingerprint density at radius 2 is 2.05 bits per heavy atom. The Hall–Kier alpha value is -1.46. The first-order valence-corrected chi connectivity index (χ1v) is 7.82. The van der Waals surface area contributed by atoms with Crippen molar-refractivity contribution in [2.45, 2.75) is 39.2 Å². The van der Waals surface area contributed by atoms with E-state index in [1.165, 1.54) is 22.7 Å². The molecule has 1 atom stereocenters. The molecule has 1 heterocycles. The summed E-state index contributed by atoms with van der Waals surface area (Å²) in [5, 5.41) is 4.12. The van der Waals surface area contributed by atoms with E-state index in [0.717, 1.165) is 36.8 Å². The molecule has 108 valence electrons. The molecule has 1 aromatic heterocycles. The lowest BCUT2D eigenvalue weighted by molar-refractivity contribution is 0.626. The van der Waals surface area contributed by atoms with E-state index in [-0.39, 0.29) is 6.04 Å². The van der Waals surface area contributed by atoms with Crippen LogP contribution >= 0.6 is 11.5 Å². The van der Waals surface area contributed by atoms with E-state index in [9.17, 15) is 0 Å². The lowest BCUT2D eigenvalue weighted by Gasteiger charge is -2.09. The fraction of sp³-hybridized carbons (Fsp3) is 0.467. The van der Waals surface area contributed by atoms with Crippen molar-refractivity contribution in [1.29, 1.82) is 0 Å². The maximum atomic E-state index is 5.97. The zero-order chi connectivity index (χ0) is 14.4. The Labute approximate surface area is 124 Å². The van der Waals surface area contributed by atoms with Crippen molar-refractivity contribution < 1.29 is 0 Å². The number of hydrogen-bond acceptors (Lipinski definition) is 5. The minimum Gasteiger partial charge on any atom is -0.359 e. The fourth-order valence-corrected chi connectivity index (χ4v) is 2.57. The second-order valence-electron chi connectivity index (χ2n) is 5.11.